The van der Waals surface area contributed by atoms with Crippen molar-refractivity contribution in [3.8, 4) is 45.6 Å². The van der Waals surface area contributed by atoms with Crippen molar-refractivity contribution < 1.29 is 38.3 Å². The predicted molar refractivity (Wildman–Crippen MR) is 137 cm³/mol. The van der Waals surface area contributed by atoms with E-state index >= 15 is 0 Å². The highest BCUT2D eigenvalue weighted by Crippen LogP contribution is 2.57. The van der Waals surface area contributed by atoms with Gasteiger partial charge >= 0.3 is 5.97 Å². The Morgan fingerprint density at radius 3 is 1.94 bits per heavy atom. The zero-order chi connectivity index (χ0) is 26.7. The molecule has 0 spiro atoms. The van der Waals surface area contributed by atoms with Crippen molar-refractivity contribution >= 4 is 5.97 Å². The first-order chi connectivity index (χ1) is 17.2. The van der Waals surface area contributed by atoms with E-state index < -0.39 is 12.1 Å². The predicted octanol–water partition coefficient (Wildman–Crippen LogP) is 5.13. The van der Waals surface area contributed by atoms with Crippen LogP contribution in [0.3, 0.4) is 0 Å². The number of ether oxygens (including phenoxy) is 6. The van der Waals surface area contributed by atoms with E-state index in [2.05, 4.69) is 6.92 Å². The number of esters is 1. The first-order valence-corrected chi connectivity index (χ1v) is 11.8. The molecular formula is C28H36O8. The van der Waals surface area contributed by atoms with Gasteiger partial charge in [0.1, 0.15) is 0 Å². The third kappa shape index (κ3) is 4.57. The van der Waals surface area contributed by atoms with Crippen molar-refractivity contribution in [1.29, 1.82) is 0 Å². The van der Waals surface area contributed by atoms with Crippen LogP contribution in [0.4, 0.5) is 0 Å². The van der Waals surface area contributed by atoms with E-state index in [4.69, 9.17) is 28.4 Å². The zero-order valence-electron chi connectivity index (χ0n) is 22.5. The fourth-order valence-corrected chi connectivity index (χ4v) is 4.63. The van der Waals surface area contributed by atoms with Gasteiger partial charge in [-0.05, 0) is 55.4 Å². The van der Waals surface area contributed by atoms with Crippen LogP contribution in [0.2, 0.25) is 0 Å². The molecule has 8 heteroatoms. The standard InChI is InChI=1S/C28H36O8/c1-10-14(2)28(30)36-27-21-17(12-19(31-5)25(27)34-8)11-15(3)16(4)23(29)18-13-20(32-6)24(33-7)26(35-9)22(18)21/h10,12-13,15-16,23,29H,11H2,1-9H3/b14-10-. The fourth-order valence-electron chi connectivity index (χ4n) is 4.63. The average Bonchev–Trinajstić information content (AvgIpc) is 2.89. The monoisotopic (exact) mass is 500 g/mol. The lowest BCUT2D eigenvalue weighted by Crippen LogP contribution is -2.23. The van der Waals surface area contributed by atoms with Crippen LogP contribution in [-0.4, -0.2) is 46.6 Å². The van der Waals surface area contributed by atoms with Gasteiger partial charge in [0, 0.05) is 16.7 Å². The van der Waals surface area contributed by atoms with Crippen LogP contribution in [0.15, 0.2) is 23.8 Å². The van der Waals surface area contributed by atoms with Crippen molar-refractivity contribution in [3.63, 3.8) is 0 Å². The lowest BCUT2D eigenvalue weighted by atomic mass is 9.76. The number of carbonyl (C=O) groups is 1. The van der Waals surface area contributed by atoms with Crippen LogP contribution in [0, 0.1) is 11.8 Å². The molecule has 3 unspecified atom stereocenters. The molecule has 1 aliphatic rings. The zero-order valence-corrected chi connectivity index (χ0v) is 22.5. The number of allylic oxidation sites excluding steroid dienone is 1. The topological polar surface area (TPSA) is 92.7 Å². The third-order valence-electron chi connectivity index (χ3n) is 7.02. The molecule has 2 aromatic rings. The number of rotatable bonds is 7. The van der Waals surface area contributed by atoms with Crippen LogP contribution in [0.25, 0.3) is 11.1 Å². The molecule has 196 valence electrons. The molecule has 1 aliphatic carbocycles. The number of methoxy groups -OCH3 is 5. The van der Waals surface area contributed by atoms with Gasteiger partial charge in [0.05, 0.1) is 41.7 Å². The Bertz CT molecular complexity index is 1170. The van der Waals surface area contributed by atoms with Gasteiger partial charge in [-0.2, -0.15) is 0 Å². The summed E-state index contributed by atoms with van der Waals surface area (Å²) in [4.78, 5) is 13.0. The van der Waals surface area contributed by atoms with Crippen molar-refractivity contribution in [3.05, 3.63) is 34.9 Å². The molecule has 3 atom stereocenters. The van der Waals surface area contributed by atoms with Gasteiger partial charge in [0.2, 0.25) is 11.5 Å². The Morgan fingerprint density at radius 2 is 1.42 bits per heavy atom. The van der Waals surface area contributed by atoms with E-state index in [1.54, 1.807) is 26.0 Å². The Kier molecular flexibility index (Phi) is 8.40. The lowest BCUT2D eigenvalue weighted by Gasteiger charge is -2.33. The molecule has 3 rings (SSSR count). The number of hydrogen-bond donors (Lipinski definition) is 1. The van der Waals surface area contributed by atoms with Gasteiger partial charge in [0.25, 0.3) is 0 Å². The summed E-state index contributed by atoms with van der Waals surface area (Å²) in [5.41, 5.74) is 2.96. The molecule has 0 radical (unpaired) electrons. The molecule has 0 bridgehead atoms. The molecular weight excluding hydrogens is 464 g/mol. The number of aliphatic hydroxyl groups is 1. The highest BCUT2D eigenvalue weighted by atomic mass is 16.6. The molecule has 0 amide bonds. The van der Waals surface area contributed by atoms with Crippen LogP contribution in [-0.2, 0) is 11.2 Å². The summed E-state index contributed by atoms with van der Waals surface area (Å²) in [5, 5.41) is 11.5. The quantitative estimate of drug-likeness (QED) is 0.318. The smallest absolute Gasteiger partial charge is 0.338 e. The summed E-state index contributed by atoms with van der Waals surface area (Å²) in [7, 11) is 7.58. The number of benzene rings is 2. The van der Waals surface area contributed by atoms with Crippen molar-refractivity contribution in [2.24, 2.45) is 11.8 Å². The molecule has 0 aliphatic heterocycles. The fraction of sp³-hybridized carbons (Fsp3) is 0.464. The summed E-state index contributed by atoms with van der Waals surface area (Å²) in [6.07, 6.45) is 1.40. The first kappa shape index (κ1) is 27.2. The Hall–Kier alpha value is -3.39. The van der Waals surface area contributed by atoms with E-state index in [1.807, 2.05) is 13.0 Å². The second kappa shape index (κ2) is 11.1. The van der Waals surface area contributed by atoms with Crippen LogP contribution in [0.5, 0.6) is 34.5 Å². The number of hydrogen-bond acceptors (Lipinski definition) is 8. The van der Waals surface area contributed by atoms with Crippen molar-refractivity contribution in [1.82, 2.24) is 0 Å². The Morgan fingerprint density at radius 1 is 0.861 bits per heavy atom. The SMILES string of the molecule is C/C=C(/C)C(=O)Oc1c(OC)c(OC)cc2c1-c1c(cc(OC)c(OC)c1OC)C(O)C(C)C(C)C2. The average molecular weight is 501 g/mol. The number of fused-ring (bicyclic) bond motifs is 3. The van der Waals surface area contributed by atoms with Crippen molar-refractivity contribution in [2.75, 3.05) is 35.5 Å². The van der Waals surface area contributed by atoms with Crippen LogP contribution < -0.4 is 28.4 Å². The normalized spacial score (nSPS) is 19.3. The maximum Gasteiger partial charge on any atom is 0.338 e. The second-order valence-electron chi connectivity index (χ2n) is 8.93. The van der Waals surface area contributed by atoms with Gasteiger partial charge in [-0.3, -0.25) is 0 Å². The minimum atomic E-state index is -0.856. The van der Waals surface area contributed by atoms with E-state index in [0.717, 1.165) is 5.56 Å². The van der Waals surface area contributed by atoms with E-state index in [9.17, 15) is 9.90 Å². The lowest BCUT2D eigenvalue weighted by molar-refractivity contribution is -0.130. The molecule has 36 heavy (non-hydrogen) atoms. The van der Waals surface area contributed by atoms with Gasteiger partial charge in [0.15, 0.2) is 23.0 Å². The number of carbonyl (C=O) groups excluding carboxylic acids is 1. The largest absolute Gasteiger partial charge is 0.493 e. The van der Waals surface area contributed by atoms with Crippen molar-refractivity contribution in [2.45, 2.75) is 40.2 Å². The minimum absolute atomic E-state index is 0.0740. The molecule has 0 fully saturated rings. The highest BCUT2D eigenvalue weighted by Gasteiger charge is 2.37. The molecule has 1 N–H and O–H groups in total. The molecule has 0 saturated carbocycles. The maximum absolute atomic E-state index is 13.0. The van der Waals surface area contributed by atoms with Gasteiger partial charge in [-0.1, -0.05) is 19.9 Å². The minimum Gasteiger partial charge on any atom is -0.493 e. The van der Waals surface area contributed by atoms with E-state index in [0.29, 0.717) is 51.7 Å². The summed E-state index contributed by atoms with van der Waals surface area (Å²) < 4.78 is 34.4. The summed E-state index contributed by atoms with van der Waals surface area (Å²) in [6.45, 7) is 7.52. The van der Waals surface area contributed by atoms with Crippen LogP contribution in [0.1, 0.15) is 44.9 Å². The third-order valence-corrected chi connectivity index (χ3v) is 7.02. The molecule has 2 aromatic carbocycles. The molecule has 0 heterocycles. The molecule has 0 saturated heterocycles. The van der Waals surface area contributed by atoms with E-state index in [1.165, 1.54) is 35.5 Å². The van der Waals surface area contributed by atoms with Gasteiger partial charge < -0.3 is 33.5 Å². The van der Waals surface area contributed by atoms with E-state index in [-0.39, 0.29) is 23.3 Å². The van der Waals surface area contributed by atoms with Crippen LogP contribution >= 0.6 is 0 Å². The summed E-state index contributed by atoms with van der Waals surface area (Å²) in [5.74, 6) is 1.42. The van der Waals surface area contributed by atoms with Gasteiger partial charge in [-0.15, -0.1) is 0 Å². The number of aliphatic hydroxyl groups excluding tert-OH is 1. The second-order valence-corrected chi connectivity index (χ2v) is 8.93. The first-order valence-electron chi connectivity index (χ1n) is 11.8. The Balaban J connectivity index is 2.57. The molecule has 0 aromatic heterocycles. The summed E-state index contributed by atoms with van der Waals surface area (Å²) >= 11 is 0. The highest BCUT2D eigenvalue weighted by molar-refractivity contribution is 5.94. The summed E-state index contributed by atoms with van der Waals surface area (Å²) in [6, 6.07) is 3.63. The maximum atomic E-state index is 13.0. The molecule has 8 nitrogen and oxygen atoms in total. The van der Waals surface area contributed by atoms with Gasteiger partial charge in [-0.25, -0.2) is 4.79 Å². The Labute approximate surface area is 212 Å².